The van der Waals surface area contributed by atoms with Crippen LogP contribution in [0.2, 0.25) is 0 Å². The average molecular weight is 266 g/mol. The second kappa shape index (κ2) is 7.04. The molecule has 1 unspecified atom stereocenters. The van der Waals surface area contributed by atoms with Crippen LogP contribution in [0, 0.1) is 5.92 Å². The van der Waals surface area contributed by atoms with Crippen molar-refractivity contribution in [2.45, 2.75) is 44.9 Å². The van der Waals surface area contributed by atoms with Crippen LogP contribution < -0.4 is 4.90 Å². The zero-order chi connectivity index (χ0) is 12.8. The van der Waals surface area contributed by atoms with Crippen molar-refractivity contribution in [3.8, 4) is 0 Å². The van der Waals surface area contributed by atoms with Gasteiger partial charge in [-0.05, 0) is 42.9 Å². The molecular formula is C16H24ClN. The number of anilines is 1. The van der Waals surface area contributed by atoms with Crippen LogP contribution in [0.4, 0.5) is 5.69 Å². The Balaban J connectivity index is 1.96. The largest absolute Gasteiger partial charge is 0.372 e. The van der Waals surface area contributed by atoms with E-state index < -0.39 is 0 Å². The monoisotopic (exact) mass is 265 g/mol. The highest BCUT2D eigenvalue weighted by Crippen LogP contribution is 2.25. The van der Waals surface area contributed by atoms with Crippen LogP contribution in [0.25, 0.3) is 0 Å². The molecule has 0 amide bonds. The maximum atomic E-state index is 5.83. The predicted molar refractivity (Wildman–Crippen MR) is 80.5 cm³/mol. The Hall–Kier alpha value is -0.690. The van der Waals surface area contributed by atoms with E-state index in [1.54, 1.807) is 0 Å². The van der Waals surface area contributed by atoms with Crippen molar-refractivity contribution in [1.82, 2.24) is 0 Å². The van der Waals surface area contributed by atoms with Crippen LogP contribution in [0.3, 0.4) is 0 Å². The molecule has 2 rings (SSSR count). The van der Waals surface area contributed by atoms with Gasteiger partial charge in [0.15, 0.2) is 0 Å². The summed E-state index contributed by atoms with van der Waals surface area (Å²) in [5.74, 6) is 1.56. The number of benzene rings is 1. The van der Waals surface area contributed by atoms with Gasteiger partial charge in [0.05, 0.1) is 0 Å². The second-order valence-corrected chi connectivity index (χ2v) is 5.64. The third-order valence-corrected chi connectivity index (χ3v) is 4.31. The lowest BCUT2D eigenvalue weighted by Crippen LogP contribution is -2.24. The van der Waals surface area contributed by atoms with Crippen molar-refractivity contribution < 1.29 is 0 Å². The Bertz CT molecular complexity index is 347. The van der Waals surface area contributed by atoms with Gasteiger partial charge in [0, 0.05) is 24.7 Å². The summed E-state index contributed by atoms with van der Waals surface area (Å²) in [4.78, 5) is 2.54. The molecule has 2 heteroatoms. The molecule has 0 aromatic heterocycles. The summed E-state index contributed by atoms with van der Waals surface area (Å²) >= 11 is 5.83. The molecule has 1 fully saturated rings. The minimum Gasteiger partial charge on any atom is -0.372 e. The molecule has 0 radical (unpaired) electrons. The van der Waals surface area contributed by atoms with E-state index in [0.717, 1.165) is 5.92 Å². The first-order chi connectivity index (χ1) is 8.83. The minimum absolute atomic E-state index is 0.610. The first-order valence-electron chi connectivity index (χ1n) is 7.23. The highest BCUT2D eigenvalue weighted by Gasteiger charge is 2.16. The van der Waals surface area contributed by atoms with E-state index in [-0.39, 0.29) is 0 Å². The molecule has 1 aromatic carbocycles. The van der Waals surface area contributed by atoms with Gasteiger partial charge in [0.25, 0.3) is 0 Å². The van der Waals surface area contributed by atoms with Gasteiger partial charge in [0.2, 0.25) is 0 Å². The van der Waals surface area contributed by atoms with Gasteiger partial charge >= 0.3 is 0 Å². The van der Waals surface area contributed by atoms with Crippen molar-refractivity contribution >= 4 is 17.3 Å². The molecule has 1 aliphatic rings. The Morgan fingerprint density at radius 1 is 1.17 bits per heavy atom. The minimum atomic E-state index is 0.610. The molecule has 1 nitrogen and oxygen atoms in total. The van der Waals surface area contributed by atoms with Gasteiger partial charge < -0.3 is 4.90 Å². The summed E-state index contributed by atoms with van der Waals surface area (Å²) in [6, 6.07) is 8.74. The Labute approximate surface area is 116 Å². The molecule has 1 atom stereocenters. The average Bonchev–Trinajstić information content (AvgIpc) is 2.65. The molecule has 1 aromatic rings. The third-order valence-electron chi connectivity index (χ3n) is 4.00. The van der Waals surface area contributed by atoms with Crippen LogP contribution in [0.5, 0.6) is 0 Å². The van der Waals surface area contributed by atoms with E-state index in [9.17, 15) is 0 Å². The smallest absolute Gasteiger partial charge is 0.0474 e. The van der Waals surface area contributed by atoms with Crippen molar-refractivity contribution in [2.75, 3.05) is 18.0 Å². The summed E-state index contributed by atoms with van der Waals surface area (Å²) in [6.45, 7) is 4.72. The lowest BCUT2D eigenvalue weighted by atomic mass is 9.96. The zero-order valence-corrected chi connectivity index (χ0v) is 12.1. The molecule has 1 heterocycles. The maximum absolute atomic E-state index is 5.83. The van der Waals surface area contributed by atoms with E-state index in [2.05, 4.69) is 36.1 Å². The fourth-order valence-corrected chi connectivity index (χ4v) is 3.09. The van der Waals surface area contributed by atoms with Gasteiger partial charge in [-0.15, -0.1) is 11.6 Å². The van der Waals surface area contributed by atoms with Gasteiger partial charge in [-0.3, -0.25) is 0 Å². The van der Waals surface area contributed by atoms with Crippen LogP contribution in [0.15, 0.2) is 24.3 Å². The molecule has 0 aliphatic carbocycles. The van der Waals surface area contributed by atoms with Crippen molar-refractivity contribution in [2.24, 2.45) is 5.92 Å². The topological polar surface area (TPSA) is 3.24 Å². The number of hydrogen-bond acceptors (Lipinski definition) is 1. The number of hydrogen-bond donors (Lipinski definition) is 0. The first kappa shape index (κ1) is 13.7. The number of halogens is 1. The first-order valence-corrected chi connectivity index (χ1v) is 7.76. The molecule has 100 valence electrons. The number of nitrogens with zero attached hydrogens (tertiary/aromatic N) is 1. The molecule has 0 N–H and O–H groups in total. The summed E-state index contributed by atoms with van der Waals surface area (Å²) in [5.41, 5.74) is 2.57. The van der Waals surface area contributed by atoms with Crippen LogP contribution in [-0.4, -0.2) is 13.1 Å². The normalized spacial score (nSPS) is 20.8. The summed E-state index contributed by atoms with van der Waals surface area (Å²) in [5, 5.41) is 0. The van der Waals surface area contributed by atoms with E-state index in [0.29, 0.717) is 5.88 Å². The van der Waals surface area contributed by atoms with Crippen molar-refractivity contribution in [3.05, 3.63) is 29.8 Å². The molecule has 18 heavy (non-hydrogen) atoms. The highest BCUT2D eigenvalue weighted by molar-refractivity contribution is 6.17. The van der Waals surface area contributed by atoms with Crippen LogP contribution in [-0.2, 0) is 5.88 Å². The predicted octanol–water partition coefficient (Wildman–Crippen LogP) is 4.83. The molecule has 0 bridgehead atoms. The van der Waals surface area contributed by atoms with E-state index in [1.165, 1.54) is 56.4 Å². The Morgan fingerprint density at radius 3 is 2.61 bits per heavy atom. The van der Waals surface area contributed by atoms with Gasteiger partial charge in [-0.1, -0.05) is 31.9 Å². The quantitative estimate of drug-likeness (QED) is 0.705. The van der Waals surface area contributed by atoms with Crippen molar-refractivity contribution in [3.63, 3.8) is 0 Å². The van der Waals surface area contributed by atoms with Gasteiger partial charge in [-0.25, -0.2) is 0 Å². The fraction of sp³-hybridized carbons (Fsp3) is 0.625. The Kier molecular flexibility index (Phi) is 5.37. The second-order valence-electron chi connectivity index (χ2n) is 5.37. The lowest BCUT2D eigenvalue weighted by molar-refractivity contribution is 0.435. The van der Waals surface area contributed by atoms with Gasteiger partial charge in [0.1, 0.15) is 0 Å². The zero-order valence-electron chi connectivity index (χ0n) is 11.4. The summed E-state index contributed by atoms with van der Waals surface area (Å²) < 4.78 is 0. The standard InChI is InChI=1S/C16H24ClN/c1-2-4-14-5-3-11-18(12-10-14)16-8-6-15(13-17)7-9-16/h6-9,14H,2-5,10-13H2,1H3. The van der Waals surface area contributed by atoms with Crippen LogP contribution in [0.1, 0.15) is 44.6 Å². The maximum Gasteiger partial charge on any atom is 0.0474 e. The van der Waals surface area contributed by atoms with E-state index >= 15 is 0 Å². The number of rotatable bonds is 4. The van der Waals surface area contributed by atoms with E-state index in [4.69, 9.17) is 11.6 Å². The molecule has 1 aliphatic heterocycles. The molecule has 0 saturated carbocycles. The SMILES string of the molecule is CCCC1CCCN(c2ccc(CCl)cc2)CC1. The Morgan fingerprint density at radius 2 is 1.94 bits per heavy atom. The fourth-order valence-electron chi connectivity index (χ4n) is 2.92. The van der Waals surface area contributed by atoms with E-state index in [1.807, 2.05) is 0 Å². The van der Waals surface area contributed by atoms with Crippen molar-refractivity contribution in [1.29, 1.82) is 0 Å². The summed E-state index contributed by atoms with van der Waals surface area (Å²) in [7, 11) is 0. The summed E-state index contributed by atoms with van der Waals surface area (Å²) in [6.07, 6.45) is 6.82. The number of alkyl halides is 1. The lowest BCUT2D eigenvalue weighted by Gasteiger charge is -2.23. The third kappa shape index (κ3) is 3.65. The molecule has 0 spiro atoms. The molecular weight excluding hydrogens is 242 g/mol. The molecule has 1 saturated heterocycles. The van der Waals surface area contributed by atoms with Gasteiger partial charge in [-0.2, -0.15) is 0 Å². The van der Waals surface area contributed by atoms with Crippen LogP contribution >= 0.6 is 11.6 Å². The highest BCUT2D eigenvalue weighted by atomic mass is 35.5.